The summed E-state index contributed by atoms with van der Waals surface area (Å²) in [6.45, 7) is 4.57. The number of benzene rings is 1. The van der Waals surface area contributed by atoms with E-state index < -0.39 is 0 Å². The highest BCUT2D eigenvalue weighted by Gasteiger charge is 2.21. The number of pyridine rings is 1. The molecule has 2 aromatic rings. The summed E-state index contributed by atoms with van der Waals surface area (Å²) in [5.41, 5.74) is 2.57. The molecule has 0 radical (unpaired) electrons. The first-order valence-corrected chi connectivity index (χ1v) is 6.39. The molecule has 0 saturated carbocycles. The van der Waals surface area contributed by atoms with E-state index in [0.717, 1.165) is 24.5 Å². The second kappa shape index (κ2) is 4.46. The Kier molecular flexibility index (Phi) is 2.81. The van der Waals surface area contributed by atoms with Crippen LogP contribution in [0, 0.1) is 5.92 Å². The Hall–Kier alpha value is -1.41. The first-order chi connectivity index (χ1) is 8.34. The summed E-state index contributed by atoms with van der Waals surface area (Å²) in [4.78, 5) is 4.44. The average molecular weight is 226 g/mol. The van der Waals surface area contributed by atoms with Gasteiger partial charge >= 0.3 is 0 Å². The predicted molar refractivity (Wildman–Crippen MR) is 71.1 cm³/mol. The molecule has 88 valence electrons. The SMILES string of the molecule is C[C@H]1CNCC(c2cccc3ncccc23)C1. The molecular weight excluding hydrogens is 208 g/mol. The fourth-order valence-electron chi connectivity index (χ4n) is 2.88. The lowest BCUT2D eigenvalue weighted by Crippen LogP contribution is -2.33. The van der Waals surface area contributed by atoms with Crippen molar-refractivity contribution in [3.8, 4) is 0 Å². The summed E-state index contributed by atoms with van der Waals surface area (Å²) in [5.74, 6) is 1.40. The maximum Gasteiger partial charge on any atom is 0.0704 e. The topological polar surface area (TPSA) is 24.9 Å². The molecule has 2 nitrogen and oxygen atoms in total. The molecular formula is C15H18N2. The second-order valence-corrected chi connectivity index (χ2v) is 5.11. The van der Waals surface area contributed by atoms with Gasteiger partial charge in [0.15, 0.2) is 0 Å². The van der Waals surface area contributed by atoms with Crippen LogP contribution in [0.15, 0.2) is 36.5 Å². The van der Waals surface area contributed by atoms with E-state index in [0.29, 0.717) is 5.92 Å². The van der Waals surface area contributed by atoms with Crippen LogP contribution in [0.5, 0.6) is 0 Å². The van der Waals surface area contributed by atoms with Gasteiger partial charge in [-0.3, -0.25) is 4.98 Å². The summed E-state index contributed by atoms with van der Waals surface area (Å²) in [5, 5.41) is 4.84. The van der Waals surface area contributed by atoms with Gasteiger partial charge in [0.2, 0.25) is 0 Å². The smallest absolute Gasteiger partial charge is 0.0704 e. The quantitative estimate of drug-likeness (QED) is 0.808. The van der Waals surface area contributed by atoms with Gasteiger partial charge < -0.3 is 5.32 Å². The molecule has 2 heteroatoms. The number of nitrogens with one attached hydrogen (secondary N) is 1. The van der Waals surface area contributed by atoms with E-state index in [1.807, 2.05) is 12.3 Å². The van der Waals surface area contributed by atoms with Crippen LogP contribution in [-0.2, 0) is 0 Å². The molecule has 1 aliphatic rings. The number of hydrogen-bond donors (Lipinski definition) is 1. The predicted octanol–water partition coefficient (Wildman–Crippen LogP) is 2.95. The molecule has 1 unspecified atom stereocenters. The molecule has 2 atom stereocenters. The van der Waals surface area contributed by atoms with Crippen molar-refractivity contribution in [1.29, 1.82) is 0 Å². The van der Waals surface area contributed by atoms with Gasteiger partial charge in [-0.1, -0.05) is 25.1 Å². The Labute approximate surface area is 102 Å². The maximum atomic E-state index is 4.44. The second-order valence-electron chi connectivity index (χ2n) is 5.11. The number of aromatic nitrogens is 1. The number of piperidine rings is 1. The lowest BCUT2D eigenvalue weighted by Gasteiger charge is -2.28. The van der Waals surface area contributed by atoms with Crippen LogP contribution in [0.2, 0.25) is 0 Å². The zero-order valence-corrected chi connectivity index (χ0v) is 10.2. The first-order valence-electron chi connectivity index (χ1n) is 6.39. The van der Waals surface area contributed by atoms with Gasteiger partial charge in [-0.2, -0.15) is 0 Å². The van der Waals surface area contributed by atoms with Gasteiger partial charge in [0, 0.05) is 18.1 Å². The third kappa shape index (κ3) is 2.05. The van der Waals surface area contributed by atoms with Crippen LogP contribution in [0.25, 0.3) is 10.9 Å². The fourth-order valence-corrected chi connectivity index (χ4v) is 2.88. The van der Waals surface area contributed by atoms with Crippen molar-refractivity contribution < 1.29 is 0 Å². The maximum absolute atomic E-state index is 4.44. The van der Waals surface area contributed by atoms with E-state index in [1.165, 1.54) is 17.4 Å². The van der Waals surface area contributed by atoms with E-state index in [-0.39, 0.29) is 0 Å². The molecule has 1 aliphatic heterocycles. The van der Waals surface area contributed by atoms with E-state index >= 15 is 0 Å². The zero-order valence-electron chi connectivity index (χ0n) is 10.2. The Balaban J connectivity index is 2.04. The van der Waals surface area contributed by atoms with Crippen LogP contribution in [0.1, 0.15) is 24.8 Å². The van der Waals surface area contributed by atoms with Crippen molar-refractivity contribution in [2.75, 3.05) is 13.1 Å². The molecule has 1 saturated heterocycles. The fraction of sp³-hybridized carbons (Fsp3) is 0.400. The number of rotatable bonds is 1. The van der Waals surface area contributed by atoms with Crippen LogP contribution >= 0.6 is 0 Å². The van der Waals surface area contributed by atoms with Crippen molar-refractivity contribution in [1.82, 2.24) is 10.3 Å². The van der Waals surface area contributed by atoms with E-state index in [9.17, 15) is 0 Å². The molecule has 1 N–H and O–H groups in total. The summed E-state index contributed by atoms with van der Waals surface area (Å²) < 4.78 is 0. The highest BCUT2D eigenvalue weighted by Crippen LogP contribution is 2.30. The van der Waals surface area contributed by atoms with Gasteiger partial charge in [-0.25, -0.2) is 0 Å². The molecule has 0 bridgehead atoms. The van der Waals surface area contributed by atoms with E-state index in [1.54, 1.807) is 0 Å². The number of hydrogen-bond acceptors (Lipinski definition) is 2. The largest absolute Gasteiger partial charge is 0.316 e. The minimum Gasteiger partial charge on any atom is -0.316 e. The molecule has 1 aromatic heterocycles. The van der Waals surface area contributed by atoms with Gasteiger partial charge in [-0.15, -0.1) is 0 Å². The van der Waals surface area contributed by atoms with Crippen molar-refractivity contribution in [3.63, 3.8) is 0 Å². The Morgan fingerprint density at radius 2 is 2.12 bits per heavy atom. The Bertz CT molecular complexity index is 516. The molecule has 3 rings (SSSR count). The van der Waals surface area contributed by atoms with E-state index in [4.69, 9.17) is 0 Å². The van der Waals surface area contributed by atoms with Crippen molar-refractivity contribution >= 4 is 10.9 Å². The lowest BCUT2D eigenvalue weighted by molar-refractivity contribution is 0.365. The molecule has 0 aliphatic carbocycles. The van der Waals surface area contributed by atoms with Gasteiger partial charge in [-0.05, 0) is 42.5 Å². The van der Waals surface area contributed by atoms with Gasteiger partial charge in [0.05, 0.1) is 5.52 Å². The summed E-state index contributed by atoms with van der Waals surface area (Å²) >= 11 is 0. The summed E-state index contributed by atoms with van der Waals surface area (Å²) in [6.07, 6.45) is 3.15. The highest BCUT2D eigenvalue weighted by molar-refractivity contribution is 5.82. The normalized spacial score (nSPS) is 25.0. The molecule has 0 amide bonds. The summed E-state index contributed by atoms with van der Waals surface area (Å²) in [7, 11) is 0. The van der Waals surface area contributed by atoms with Crippen LogP contribution in [-0.4, -0.2) is 18.1 Å². The monoisotopic (exact) mass is 226 g/mol. The summed E-state index contributed by atoms with van der Waals surface area (Å²) in [6, 6.07) is 10.7. The molecule has 0 spiro atoms. The first kappa shape index (κ1) is 10.7. The van der Waals surface area contributed by atoms with Gasteiger partial charge in [0.25, 0.3) is 0 Å². The van der Waals surface area contributed by atoms with Crippen molar-refractivity contribution in [3.05, 3.63) is 42.1 Å². The molecule has 2 heterocycles. The third-order valence-electron chi connectivity index (χ3n) is 3.69. The molecule has 1 fully saturated rings. The molecule has 17 heavy (non-hydrogen) atoms. The van der Waals surface area contributed by atoms with Crippen LogP contribution in [0.4, 0.5) is 0 Å². The van der Waals surface area contributed by atoms with E-state index in [2.05, 4.69) is 41.5 Å². The van der Waals surface area contributed by atoms with Crippen molar-refractivity contribution in [2.24, 2.45) is 5.92 Å². The Morgan fingerprint density at radius 1 is 1.18 bits per heavy atom. The lowest BCUT2D eigenvalue weighted by atomic mass is 9.85. The van der Waals surface area contributed by atoms with Gasteiger partial charge in [0.1, 0.15) is 0 Å². The third-order valence-corrected chi connectivity index (χ3v) is 3.69. The Morgan fingerprint density at radius 3 is 3.00 bits per heavy atom. The van der Waals surface area contributed by atoms with Crippen LogP contribution in [0.3, 0.4) is 0 Å². The van der Waals surface area contributed by atoms with Crippen LogP contribution < -0.4 is 5.32 Å². The zero-order chi connectivity index (χ0) is 11.7. The molecule has 1 aromatic carbocycles. The number of fused-ring (bicyclic) bond motifs is 1. The average Bonchev–Trinajstić information content (AvgIpc) is 2.38. The standard InChI is InChI=1S/C15H18N2/c1-11-8-12(10-16-9-11)13-4-2-6-15-14(13)5-3-7-17-15/h2-7,11-12,16H,8-10H2,1H3/t11-,12?/m1/s1. The highest BCUT2D eigenvalue weighted by atomic mass is 14.9. The minimum absolute atomic E-state index is 0.631. The van der Waals surface area contributed by atoms with Crippen molar-refractivity contribution in [2.45, 2.75) is 19.3 Å². The number of nitrogens with zero attached hydrogens (tertiary/aromatic N) is 1. The minimum atomic E-state index is 0.631.